The second-order valence-electron chi connectivity index (χ2n) is 7.09. The Kier molecular flexibility index (Phi) is 1.44. The molecule has 7 rings (SSSR count). The Hall–Kier alpha value is 1.74. The van der Waals surface area contributed by atoms with Gasteiger partial charge in [-0.2, -0.15) is 0 Å². The Labute approximate surface area is 135 Å². The third-order valence-electron chi connectivity index (χ3n) is 7.50. The van der Waals surface area contributed by atoms with Crippen LogP contribution < -0.4 is 0 Å². The molecule has 98 valence electrons. The maximum atomic E-state index is 6.98. The highest BCUT2D eigenvalue weighted by Crippen LogP contribution is 3.03. The summed E-state index contributed by atoms with van der Waals surface area (Å²) in [7, 11) is 0. The first-order valence-corrected chi connectivity index (χ1v) is 8.62. The Morgan fingerprint density at radius 2 is 0.889 bits per heavy atom. The van der Waals surface area contributed by atoms with Gasteiger partial charge in [-0.1, -0.05) is 23.2 Å². The predicted molar refractivity (Wildman–Crippen MR) is 74.3 cm³/mol. The number of hydrogen-bond acceptors (Lipinski definition) is 0. The van der Waals surface area contributed by atoms with Crippen molar-refractivity contribution in [3.8, 4) is 0 Å². The van der Waals surface area contributed by atoms with Crippen LogP contribution in [0.4, 0.5) is 0 Å². The molecular weight excluding hydrogens is 357 g/mol. The van der Waals surface area contributed by atoms with E-state index in [0.29, 0.717) is 23.7 Å². The van der Waals surface area contributed by atoms with E-state index in [4.69, 9.17) is 69.6 Å². The molecule has 0 aromatic heterocycles. The first-order chi connectivity index (χ1) is 8.22. The Bertz CT molecular complexity index is 517. The van der Waals surface area contributed by atoms with Crippen molar-refractivity contribution < 1.29 is 0 Å². The Morgan fingerprint density at radius 1 is 0.556 bits per heavy atom. The van der Waals surface area contributed by atoms with E-state index < -0.39 is 23.8 Å². The summed E-state index contributed by atoms with van der Waals surface area (Å²) in [6.07, 6.45) is 1.17. The van der Waals surface area contributed by atoms with Crippen molar-refractivity contribution >= 4 is 69.6 Å². The molecule has 10 atom stereocenters. The number of rotatable bonds is 0. The molecule has 0 radical (unpaired) electrons. The third-order valence-corrected chi connectivity index (χ3v) is 12.7. The minimum absolute atomic E-state index is 0.254. The van der Waals surface area contributed by atoms with Gasteiger partial charge in [-0.15, -0.1) is 46.4 Å². The summed E-state index contributed by atoms with van der Waals surface area (Å²) in [4.78, 5) is -3.13. The topological polar surface area (TPSA) is 0 Å². The lowest BCUT2D eigenvalue weighted by molar-refractivity contribution is 0.0771. The van der Waals surface area contributed by atoms with Crippen LogP contribution >= 0.6 is 69.6 Å². The fourth-order valence-electron chi connectivity index (χ4n) is 7.61. The molecule has 7 fully saturated rings. The van der Waals surface area contributed by atoms with Crippen molar-refractivity contribution in [1.82, 2.24) is 0 Å². The summed E-state index contributed by atoms with van der Waals surface area (Å²) >= 11 is 41.3. The molecule has 0 heterocycles. The van der Waals surface area contributed by atoms with Gasteiger partial charge in [0.05, 0.1) is 9.75 Å². The van der Waals surface area contributed by atoms with Gasteiger partial charge in [-0.05, 0) is 41.9 Å². The average molecular weight is 365 g/mol. The molecule has 7 saturated carbocycles. The highest BCUT2D eigenvalue weighted by molar-refractivity contribution is 6.65. The van der Waals surface area contributed by atoms with E-state index in [1.54, 1.807) is 0 Å². The van der Waals surface area contributed by atoms with E-state index in [1.165, 1.54) is 6.42 Å². The summed E-state index contributed by atoms with van der Waals surface area (Å²) in [5, 5.41) is 0. The van der Waals surface area contributed by atoms with Crippen molar-refractivity contribution in [2.24, 2.45) is 35.5 Å². The van der Waals surface area contributed by atoms with Gasteiger partial charge in [0.15, 0.2) is 4.33 Å². The van der Waals surface area contributed by atoms with Crippen molar-refractivity contribution in [2.45, 2.75) is 30.3 Å². The molecule has 0 amide bonds. The Morgan fingerprint density at radius 3 is 1.28 bits per heavy atom. The molecule has 0 aromatic carbocycles. The van der Waals surface area contributed by atoms with Gasteiger partial charge in [0, 0.05) is 0 Å². The van der Waals surface area contributed by atoms with Crippen LogP contribution in [-0.2, 0) is 0 Å². The van der Waals surface area contributed by atoms with Crippen LogP contribution in [0, 0.1) is 35.5 Å². The van der Waals surface area contributed by atoms with E-state index in [2.05, 4.69) is 0 Å². The van der Waals surface area contributed by atoms with Crippen molar-refractivity contribution in [2.75, 3.05) is 0 Å². The molecule has 18 heavy (non-hydrogen) atoms. The highest BCUT2D eigenvalue weighted by Gasteiger charge is 3.11. The minimum Gasteiger partial charge on any atom is -0.115 e. The fourth-order valence-corrected chi connectivity index (χ4v) is 12.2. The van der Waals surface area contributed by atoms with Gasteiger partial charge in [-0.3, -0.25) is 0 Å². The molecule has 6 heteroatoms. The molecule has 7 aliphatic carbocycles. The van der Waals surface area contributed by atoms with Crippen molar-refractivity contribution in [3.63, 3.8) is 0 Å². The monoisotopic (exact) mass is 362 g/mol. The van der Waals surface area contributed by atoms with Crippen molar-refractivity contribution in [1.29, 1.82) is 0 Å². The zero-order valence-corrected chi connectivity index (χ0v) is 13.5. The maximum Gasteiger partial charge on any atom is 0.160 e. The van der Waals surface area contributed by atoms with Crippen LogP contribution in [0.3, 0.4) is 0 Å². The van der Waals surface area contributed by atoms with Crippen LogP contribution in [0.5, 0.6) is 0 Å². The second-order valence-corrected chi connectivity index (χ2v) is 10.8. The summed E-state index contributed by atoms with van der Waals surface area (Å²) in [6, 6.07) is 0. The van der Waals surface area contributed by atoms with Gasteiger partial charge in [-0.25, -0.2) is 0 Å². The van der Waals surface area contributed by atoms with E-state index >= 15 is 0 Å². The highest BCUT2D eigenvalue weighted by atomic mass is 35.5. The number of hydrogen-bond donors (Lipinski definition) is 0. The Balaban J connectivity index is 1.87. The summed E-state index contributed by atoms with van der Waals surface area (Å²) in [6.45, 7) is 0. The molecule has 4 bridgehead atoms. The lowest BCUT2D eigenvalue weighted by Gasteiger charge is -2.60. The average Bonchev–Trinajstić information content (AvgIpc) is 2.93. The van der Waals surface area contributed by atoms with E-state index in [-0.39, 0.29) is 11.8 Å². The molecule has 0 N–H and O–H groups in total. The van der Waals surface area contributed by atoms with Gasteiger partial charge in [0.25, 0.3) is 0 Å². The standard InChI is InChI=1S/C12H8Cl6/c13-8-4-2-1-3-5(4)9(8,14)11(16)7(3)6(2)10(8,15)12(11,17)18/h2-7H,1H2. The molecule has 0 spiro atoms. The predicted octanol–water partition coefficient (Wildman–Crippen LogP) is 4.24. The first-order valence-electron chi connectivity index (χ1n) is 6.36. The van der Waals surface area contributed by atoms with Gasteiger partial charge in [0.2, 0.25) is 0 Å². The molecule has 0 aromatic rings. The van der Waals surface area contributed by atoms with E-state index in [9.17, 15) is 0 Å². The van der Waals surface area contributed by atoms with Crippen LogP contribution in [-0.4, -0.2) is 23.8 Å². The van der Waals surface area contributed by atoms with E-state index in [0.717, 1.165) is 0 Å². The molecule has 0 saturated heterocycles. The first kappa shape index (κ1) is 11.3. The lowest BCUT2D eigenvalue weighted by Crippen LogP contribution is -2.72. The van der Waals surface area contributed by atoms with E-state index in [1.807, 2.05) is 0 Å². The summed E-state index contributed by atoms with van der Waals surface area (Å²) in [5.41, 5.74) is 0. The number of halogens is 6. The lowest BCUT2D eigenvalue weighted by atomic mass is 9.58. The fraction of sp³-hybridized carbons (Fsp3) is 1.00. The van der Waals surface area contributed by atoms with Crippen LogP contribution in [0.15, 0.2) is 0 Å². The second kappa shape index (κ2) is 2.29. The molecular formula is C12H8Cl6. The minimum atomic E-state index is -1.22. The van der Waals surface area contributed by atoms with Gasteiger partial charge in [0.1, 0.15) is 9.75 Å². The maximum absolute atomic E-state index is 6.98. The quantitative estimate of drug-likeness (QED) is 0.564. The third kappa shape index (κ3) is 0.510. The van der Waals surface area contributed by atoms with Crippen LogP contribution in [0.2, 0.25) is 0 Å². The van der Waals surface area contributed by atoms with Crippen LogP contribution in [0.25, 0.3) is 0 Å². The molecule has 7 aliphatic rings. The zero-order chi connectivity index (χ0) is 12.7. The molecule has 0 nitrogen and oxygen atoms in total. The zero-order valence-electron chi connectivity index (χ0n) is 8.94. The normalized spacial score (nSPS) is 86.3. The van der Waals surface area contributed by atoms with Crippen molar-refractivity contribution in [3.05, 3.63) is 0 Å². The SMILES string of the molecule is ClC1(Cl)C2(Cl)C3C4CC5C3C1(Cl)C1(Cl)C5C4C21Cl. The van der Waals surface area contributed by atoms with Crippen LogP contribution in [0.1, 0.15) is 6.42 Å². The van der Waals surface area contributed by atoms with Gasteiger partial charge >= 0.3 is 0 Å². The molecule has 0 aliphatic heterocycles. The molecule has 10 unspecified atom stereocenters. The summed E-state index contributed by atoms with van der Waals surface area (Å²) in [5.74, 6) is 2.33. The smallest absolute Gasteiger partial charge is 0.115 e. The summed E-state index contributed by atoms with van der Waals surface area (Å²) < 4.78 is -1.22. The van der Waals surface area contributed by atoms with Gasteiger partial charge < -0.3 is 0 Å². The largest absolute Gasteiger partial charge is 0.160 e. The number of alkyl halides is 6.